The summed E-state index contributed by atoms with van der Waals surface area (Å²) in [7, 11) is 0. The highest BCUT2D eigenvalue weighted by Crippen LogP contribution is 2.22. The van der Waals surface area contributed by atoms with Gasteiger partial charge in [0, 0.05) is 17.6 Å². The number of amides is 1. The Hall–Kier alpha value is -2.08. The maximum absolute atomic E-state index is 11.9. The molecule has 1 amide bonds. The van der Waals surface area contributed by atoms with Gasteiger partial charge in [-0.25, -0.2) is 4.98 Å². The highest BCUT2D eigenvalue weighted by molar-refractivity contribution is 7.09. The Bertz CT molecular complexity index is 654. The van der Waals surface area contributed by atoms with Crippen LogP contribution < -0.4 is 14.8 Å². The molecule has 1 aliphatic rings. The molecule has 3 rings (SSSR count). The van der Waals surface area contributed by atoms with E-state index < -0.39 is 6.10 Å². The van der Waals surface area contributed by atoms with Crippen LogP contribution in [-0.2, 0) is 11.4 Å². The summed E-state index contributed by atoms with van der Waals surface area (Å²) in [4.78, 5) is 16.2. The molecular formula is C17H20N2O3S. The number of carbonyl (C=O) groups is 1. The first-order chi connectivity index (χ1) is 11.2. The molecule has 1 atom stereocenters. The fraction of sp³-hybridized carbons (Fsp3) is 0.412. The van der Waals surface area contributed by atoms with E-state index in [4.69, 9.17) is 9.47 Å². The zero-order chi connectivity index (χ0) is 16.1. The number of aryl methyl sites for hydroxylation is 1. The van der Waals surface area contributed by atoms with Crippen molar-refractivity contribution in [2.45, 2.75) is 38.9 Å². The maximum atomic E-state index is 11.9. The van der Waals surface area contributed by atoms with Crippen LogP contribution in [0, 0.1) is 6.92 Å². The molecule has 0 spiro atoms. The Morgan fingerprint density at radius 3 is 2.78 bits per heavy atom. The number of thiazole rings is 1. The van der Waals surface area contributed by atoms with Crippen molar-refractivity contribution < 1.29 is 14.3 Å². The molecule has 1 fully saturated rings. The largest absolute Gasteiger partial charge is 0.486 e. The third kappa shape index (κ3) is 4.45. The highest BCUT2D eigenvalue weighted by atomic mass is 32.1. The molecule has 5 nitrogen and oxygen atoms in total. The van der Waals surface area contributed by atoms with Crippen molar-refractivity contribution in [3.05, 3.63) is 40.3 Å². The predicted molar refractivity (Wildman–Crippen MR) is 88.9 cm³/mol. The van der Waals surface area contributed by atoms with E-state index in [1.54, 1.807) is 11.3 Å². The van der Waals surface area contributed by atoms with Gasteiger partial charge in [-0.15, -0.1) is 11.3 Å². The second-order valence-corrected chi connectivity index (χ2v) is 6.48. The van der Waals surface area contributed by atoms with Crippen molar-refractivity contribution in [1.82, 2.24) is 10.3 Å². The van der Waals surface area contributed by atoms with Crippen LogP contribution >= 0.6 is 11.3 Å². The minimum Gasteiger partial charge on any atom is -0.486 e. The molecule has 0 radical (unpaired) electrons. The molecule has 1 N–H and O–H groups in total. The van der Waals surface area contributed by atoms with E-state index in [9.17, 15) is 4.79 Å². The molecular weight excluding hydrogens is 312 g/mol. The summed E-state index contributed by atoms with van der Waals surface area (Å²) in [5.41, 5.74) is 1.01. The molecule has 0 aliphatic carbocycles. The van der Waals surface area contributed by atoms with E-state index in [0.717, 1.165) is 42.3 Å². The molecule has 23 heavy (non-hydrogen) atoms. The lowest BCUT2D eigenvalue weighted by Crippen LogP contribution is -2.36. The first-order valence-electron chi connectivity index (χ1n) is 7.79. The second-order valence-electron chi connectivity index (χ2n) is 5.54. The van der Waals surface area contributed by atoms with Crippen LogP contribution in [0.4, 0.5) is 0 Å². The van der Waals surface area contributed by atoms with Crippen LogP contribution in [0.2, 0.25) is 0 Å². The maximum Gasteiger partial charge on any atom is 0.261 e. The highest BCUT2D eigenvalue weighted by Gasteiger charge is 2.22. The number of nitrogens with one attached hydrogen (secondary N) is 1. The minimum absolute atomic E-state index is 0.0260. The third-order valence-electron chi connectivity index (χ3n) is 3.62. The van der Waals surface area contributed by atoms with Crippen LogP contribution in [0.25, 0.3) is 0 Å². The Morgan fingerprint density at radius 2 is 2.04 bits per heavy atom. The van der Waals surface area contributed by atoms with Crippen LogP contribution in [0.3, 0.4) is 0 Å². The summed E-state index contributed by atoms with van der Waals surface area (Å²) in [5.74, 6) is 1.42. The number of benzene rings is 1. The second kappa shape index (κ2) is 7.46. The van der Waals surface area contributed by atoms with E-state index in [1.807, 2.05) is 36.6 Å². The van der Waals surface area contributed by atoms with Gasteiger partial charge in [-0.2, -0.15) is 0 Å². The number of hydrogen-bond acceptors (Lipinski definition) is 5. The molecule has 6 heteroatoms. The van der Waals surface area contributed by atoms with E-state index in [1.165, 1.54) is 0 Å². The quantitative estimate of drug-likeness (QED) is 0.914. The monoisotopic (exact) mass is 332 g/mol. The van der Waals surface area contributed by atoms with E-state index in [0.29, 0.717) is 12.4 Å². The molecule has 1 aromatic heterocycles. The number of ether oxygens (including phenoxy) is 2. The number of hydrogen-bond donors (Lipinski definition) is 1. The smallest absolute Gasteiger partial charge is 0.261 e. The van der Waals surface area contributed by atoms with Crippen molar-refractivity contribution in [3.8, 4) is 11.5 Å². The van der Waals surface area contributed by atoms with Gasteiger partial charge in [0.05, 0.1) is 0 Å². The summed E-state index contributed by atoms with van der Waals surface area (Å²) in [6, 6.07) is 7.37. The van der Waals surface area contributed by atoms with Crippen molar-refractivity contribution in [2.24, 2.45) is 0 Å². The molecule has 2 heterocycles. The fourth-order valence-electron chi connectivity index (χ4n) is 2.42. The lowest BCUT2D eigenvalue weighted by molar-refractivity contribution is -0.127. The normalized spacial score (nSPS) is 18.1. The summed E-state index contributed by atoms with van der Waals surface area (Å²) in [6.07, 6.45) is 2.36. The van der Waals surface area contributed by atoms with Gasteiger partial charge in [0.15, 0.2) is 6.10 Å². The van der Waals surface area contributed by atoms with Gasteiger partial charge in [0.1, 0.15) is 23.1 Å². The SMILES string of the molecule is Cc1csc(COc2ccc(O[C@@H]3CCCCNC3=O)cc2)n1. The number of carbonyl (C=O) groups excluding carboxylic acids is 1. The predicted octanol–water partition coefficient (Wildman–Crippen LogP) is 3.08. The lowest BCUT2D eigenvalue weighted by Gasteiger charge is -2.16. The Balaban J connectivity index is 1.55. The molecule has 1 saturated heterocycles. The molecule has 122 valence electrons. The summed E-state index contributed by atoms with van der Waals surface area (Å²) in [6.45, 7) is 3.17. The van der Waals surface area contributed by atoms with E-state index in [2.05, 4.69) is 10.3 Å². The van der Waals surface area contributed by atoms with Crippen LogP contribution in [0.5, 0.6) is 11.5 Å². The Morgan fingerprint density at radius 1 is 1.26 bits per heavy atom. The van der Waals surface area contributed by atoms with E-state index >= 15 is 0 Å². The first-order valence-corrected chi connectivity index (χ1v) is 8.67. The number of aromatic nitrogens is 1. The molecule has 1 aliphatic heterocycles. The number of rotatable bonds is 5. The van der Waals surface area contributed by atoms with Gasteiger partial charge < -0.3 is 14.8 Å². The van der Waals surface area contributed by atoms with Gasteiger partial charge >= 0.3 is 0 Å². The average Bonchev–Trinajstić information content (AvgIpc) is 2.87. The van der Waals surface area contributed by atoms with Crippen LogP contribution in [-0.4, -0.2) is 23.5 Å². The van der Waals surface area contributed by atoms with Gasteiger partial charge in [-0.05, 0) is 50.5 Å². The van der Waals surface area contributed by atoms with Crippen molar-refractivity contribution in [2.75, 3.05) is 6.54 Å². The zero-order valence-electron chi connectivity index (χ0n) is 13.1. The van der Waals surface area contributed by atoms with Crippen molar-refractivity contribution in [3.63, 3.8) is 0 Å². The van der Waals surface area contributed by atoms with Crippen LogP contribution in [0.1, 0.15) is 30.0 Å². The van der Waals surface area contributed by atoms with Crippen molar-refractivity contribution in [1.29, 1.82) is 0 Å². The zero-order valence-corrected chi connectivity index (χ0v) is 13.9. The minimum atomic E-state index is -0.400. The molecule has 0 saturated carbocycles. The molecule has 2 aromatic rings. The van der Waals surface area contributed by atoms with Gasteiger partial charge in [-0.3, -0.25) is 4.79 Å². The average molecular weight is 332 g/mol. The third-order valence-corrected chi connectivity index (χ3v) is 4.56. The number of nitrogens with zero attached hydrogens (tertiary/aromatic N) is 1. The van der Waals surface area contributed by atoms with E-state index in [-0.39, 0.29) is 5.91 Å². The lowest BCUT2D eigenvalue weighted by atomic mass is 10.2. The Kier molecular flexibility index (Phi) is 5.12. The molecule has 0 bridgehead atoms. The fourth-order valence-corrected chi connectivity index (χ4v) is 3.10. The van der Waals surface area contributed by atoms with Crippen LogP contribution in [0.15, 0.2) is 29.6 Å². The first kappa shape index (κ1) is 15.8. The van der Waals surface area contributed by atoms with Gasteiger partial charge in [0.2, 0.25) is 0 Å². The topological polar surface area (TPSA) is 60.5 Å². The summed E-state index contributed by atoms with van der Waals surface area (Å²) < 4.78 is 11.5. The van der Waals surface area contributed by atoms with Gasteiger partial charge in [0.25, 0.3) is 5.91 Å². The summed E-state index contributed by atoms with van der Waals surface area (Å²) >= 11 is 1.59. The molecule has 0 unspecified atom stereocenters. The standard InChI is InChI=1S/C17H20N2O3S/c1-12-11-23-16(19-12)10-21-13-5-7-14(8-6-13)22-15-4-2-3-9-18-17(15)20/h5-8,11,15H,2-4,9-10H2,1H3,(H,18,20)/t15-/m1/s1. The van der Waals surface area contributed by atoms with Gasteiger partial charge in [-0.1, -0.05) is 0 Å². The summed E-state index contributed by atoms with van der Waals surface area (Å²) in [5, 5.41) is 5.84. The van der Waals surface area contributed by atoms with Crippen molar-refractivity contribution >= 4 is 17.2 Å². The molecule has 1 aromatic carbocycles. The Labute approximate surface area is 139 Å².